The molecule has 0 aliphatic heterocycles. The molecule has 0 saturated heterocycles. The van der Waals surface area contributed by atoms with E-state index in [1.807, 2.05) is 19.1 Å². The Bertz CT molecular complexity index is 410. The predicted molar refractivity (Wildman–Crippen MR) is 78.0 cm³/mol. The molecule has 0 aromatic heterocycles. The summed E-state index contributed by atoms with van der Waals surface area (Å²) >= 11 is 6.00. The van der Waals surface area contributed by atoms with Gasteiger partial charge in [-0.15, -0.1) is 0 Å². The number of hydrogen-bond acceptors (Lipinski definition) is 2. The van der Waals surface area contributed by atoms with Crippen LogP contribution in [0.15, 0.2) is 18.2 Å². The van der Waals surface area contributed by atoms with Gasteiger partial charge in [0.05, 0.1) is 11.6 Å². The zero-order valence-electron chi connectivity index (χ0n) is 11.5. The molecule has 0 saturated carbocycles. The predicted octanol–water partition coefficient (Wildman–Crippen LogP) is 3.13. The third-order valence-electron chi connectivity index (χ3n) is 2.55. The quantitative estimate of drug-likeness (QED) is 0.756. The minimum atomic E-state index is -0.160. The SMILES string of the molecule is CCCCNC(=O)NCCOc1cc(C)ccc1Cl. The first-order valence-corrected chi connectivity index (χ1v) is 6.92. The summed E-state index contributed by atoms with van der Waals surface area (Å²) in [6.45, 7) is 5.60. The molecule has 1 aromatic rings. The number of ether oxygens (including phenoxy) is 1. The van der Waals surface area contributed by atoms with E-state index < -0.39 is 0 Å². The van der Waals surface area contributed by atoms with Gasteiger partial charge in [-0.1, -0.05) is 31.0 Å². The van der Waals surface area contributed by atoms with E-state index in [4.69, 9.17) is 16.3 Å². The maximum Gasteiger partial charge on any atom is 0.314 e. The summed E-state index contributed by atoms with van der Waals surface area (Å²) in [4.78, 5) is 11.3. The lowest BCUT2D eigenvalue weighted by atomic mass is 10.2. The van der Waals surface area contributed by atoms with Gasteiger partial charge in [-0.05, 0) is 31.0 Å². The average molecular weight is 285 g/mol. The number of carbonyl (C=O) groups is 1. The second-order valence-electron chi connectivity index (χ2n) is 4.32. The van der Waals surface area contributed by atoms with Crippen LogP contribution in [0.25, 0.3) is 0 Å². The number of benzene rings is 1. The van der Waals surface area contributed by atoms with Crippen LogP contribution in [0.4, 0.5) is 4.79 Å². The molecule has 4 nitrogen and oxygen atoms in total. The fourth-order valence-electron chi connectivity index (χ4n) is 1.49. The van der Waals surface area contributed by atoms with E-state index in [1.165, 1.54) is 0 Å². The fraction of sp³-hybridized carbons (Fsp3) is 0.500. The summed E-state index contributed by atoms with van der Waals surface area (Å²) in [6, 6.07) is 5.45. The van der Waals surface area contributed by atoms with E-state index in [2.05, 4.69) is 17.6 Å². The summed E-state index contributed by atoms with van der Waals surface area (Å²) in [5.74, 6) is 0.648. The molecule has 2 amide bonds. The molecule has 0 aliphatic carbocycles. The normalized spacial score (nSPS) is 10.1. The smallest absolute Gasteiger partial charge is 0.314 e. The Balaban J connectivity index is 2.20. The van der Waals surface area contributed by atoms with Crippen molar-refractivity contribution in [3.05, 3.63) is 28.8 Å². The van der Waals surface area contributed by atoms with Gasteiger partial charge in [0.25, 0.3) is 0 Å². The first-order chi connectivity index (χ1) is 9.13. The number of aryl methyl sites for hydroxylation is 1. The van der Waals surface area contributed by atoms with E-state index in [0.29, 0.717) is 30.5 Å². The Kier molecular flexibility index (Phi) is 7.11. The molecule has 0 fully saturated rings. The summed E-state index contributed by atoms with van der Waals surface area (Å²) in [5.41, 5.74) is 1.09. The highest BCUT2D eigenvalue weighted by Crippen LogP contribution is 2.24. The van der Waals surface area contributed by atoms with Crippen molar-refractivity contribution in [2.75, 3.05) is 19.7 Å². The van der Waals surface area contributed by atoms with Gasteiger partial charge in [-0.2, -0.15) is 0 Å². The molecule has 1 rings (SSSR count). The largest absolute Gasteiger partial charge is 0.490 e. The summed E-state index contributed by atoms with van der Waals surface area (Å²) in [5, 5.41) is 6.08. The van der Waals surface area contributed by atoms with Gasteiger partial charge in [0.2, 0.25) is 0 Å². The molecule has 5 heteroatoms. The summed E-state index contributed by atoms with van der Waals surface area (Å²) in [6.07, 6.45) is 2.05. The molecule has 0 aliphatic rings. The topological polar surface area (TPSA) is 50.4 Å². The van der Waals surface area contributed by atoms with Crippen LogP contribution in [0, 0.1) is 6.92 Å². The Hall–Kier alpha value is -1.42. The number of unbranched alkanes of at least 4 members (excludes halogenated alkanes) is 1. The summed E-state index contributed by atoms with van der Waals surface area (Å²) < 4.78 is 5.52. The molecule has 0 heterocycles. The van der Waals surface area contributed by atoms with Crippen molar-refractivity contribution in [1.82, 2.24) is 10.6 Å². The third kappa shape index (κ3) is 6.34. The second-order valence-corrected chi connectivity index (χ2v) is 4.73. The number of rotatable bonds is 7. The van der Waals surface area contributed by atoms with Crippen LogP contribution in [0.1, 0.15) is 25.3 Å². The first-order valence-electron chi connectivity index (χ1n) is 6.54. The first kappa shape index (κ1) is 15.6. The van der Waals surface area contributed by atoms with E-state index >= 15 is 0 Å². The van der Waals surface area contributed by atoms with Crippen LogP contribution in [-0.2, 0) is 0 Å². The maximum atomic E-state index is 11.3. The molecule has 0 unspecified atom stereocenters. The van der Waals surface area contributed by atoms with Crippen LogP contribution < -0.4 is 15.4 Å². The molecule has 1 aromatic carbocycles. The number of nitrogens with one attached hydrogen (secondary N) is 2. The number of urea groups is 1. The zero-order chi connectivity index (χ0) is 14.1. The highest BCUT2D eigenvalue weighted by molar-refractivity contribution is 6.32. The van der Waals surface area contributed by atoms with Crippen LogP contribution >= 0.6 is 11.6 Å². The van der Waals surface area contributed by atoms with Crippen LogP contribution in [0.3, 0.4) is 0 Å². The number of halogens is 1. The number of hydrogen-bond donors (Lipinski definition) is 2. The molecule has 0 spiro atoms. The second kappa shape index (κ2) is 8.64. The molecule has 0 bridgehead atoms. The number of carbonyl (C=O) groups excluding carboxylic acids is 1. The van der Waals surface area contributed by atoms with Crippen LogP contribution in [0.5, 0.6) is 5.75 Å². The number of amides is 2. The molecule has 0 radical (unpaired) electrons. The minimum Gasteiger partial charge on any atom is -0.490 e. The third-order valence-corrected chi connectivity index (χ3v) is 2.86. The Labute approximate surface area is 119 Å². The lowest BCUT2D eigenvalue weighted by Crippen LogP contribution is -2.38. The molecule has 106 valence electrons. The van der Waals surface area contributed by atoms with Gasteiger partial charge in [-0.3, -0.25) is 0 Å². The minimum absolute atomic E-state index is 0.160. The Morgan fingerprint density at radius 3 is 2.79 bits per heavy atom. The lowest BCUT2D eigenvalue weighted by molar-refractivity contribution is 0.236. The van der Waals surface area contributed by atoms with E-state index in [9.17, 15) is 4.79 Å². The lowest BCUT2D eigenvalue weighted by Gasteiger charge is -2.10. The molecular weight excluding hydrogens is 264 g/mol. The van der Waals surface area contributed by atoms with Crippen LogP contribution in [0.2, 0.25) is 5.02 Å². The highest BCUT2D eigenvalue weighted by Gasteiger charge is 2.02. The van der Waals surface area contributed by atoms with Crippen molar-refractivity contribution < 1.29 is 9.53 Å². The van der Waals surface area contributed by atoms with Crippen molar-refractivity contribution >= 4 is 17.6 Å². The van der Waals surface area contributed by atoms with Crippen molar-refractivity contribution in [1.29, 1.82) is 0 Å². The monoisotopic (exact) mass is 284 g/mol. The average Bonchev–Trinajstić information content (AvgIpc) is 2.39. The fourth-order valence-corrected chi connectivity index (χ4v) is 1.66. The Morgan fingerprint density at radius 1 is 1.32 bits per heavy atom. The van der Waals surface area contributed by atoms with Crippen LogP contribution in [-0.4, -0.2) is 25.7 Å². The summed E-state index contributed by atoms with van der Waals surface area (Å²) in [7, 11) is 0. The van der Waals surface area contributed by atoms with E-state index in [0.717, 1.165) is 18.4 Å². The molecule has 0 atom stereocenters. The molecule has 19 heavy (non-hydrogen) atoms. The van der Waals surface area contributed by atoms with Gasteiger partial charge < -0.3 is 15.4 Å². The van der Waals surface area contributed by atoms with Crippen molar-refractivity contribution in [3.63, 3.8) is 0 Å². The van der Waals surface area contributed by atoms with Gasteiger partial charge >= 0.3 is 6.03 Å². The van der Waals surface area contributed by atoms with Gasteiger partial charge in [0, 0.05) is 6.54 Å². The van der Waals surface area contributed by atoms with Gasteiger partial charge in [0.15, 0.2) is 0 Å². The molecule has 2 N–H and O–H groups in total. The van der Waals surface area contributed by atoms with Gasteiger partial charge in [-0.25, -0.2) is 4.79 Å². The van der Waals surface area contributed by atoms with Crippen molar-refractivity contribution in [2.24, 2.45) is 0 Å². The van der Waals surface area contributed by atoms with Gasteiger partial charge in [0.1, 0.15) is 12.4 Å². The van der Waals surface area contributed by atoms with Crippen molar-refractivity contribution in [3.8, 4) is 5.75 Å². The standard InChI is InChI=1S/C14H21ClN2O2/c1-3-4-7-16-14(18)17-8-9-19-13-10-11(2)5-6-12(13)15/h5-6,10H,3-4,7-9H2,1-2H3,(H2,16,17,18). The molecular formula is C14H21ClN2O2. The van der Waals surface area contributed by atoms with E-state index in [-0.39, 0.29) is 6.03 Å². The van der Waals surface area contributed by atoms with E-state index in [1.54, 1.807) is 6.07 Å². The Morgan fingerprint density at radius 2 is 2.05 bits per heavy atom. The van der Waals surface area contributed by atoms with Crippen molar-refractivity contribution in [2.45, 2.75) is 26.7 Å². The zero-order valence-corrected chi connectivity index (χ0v) is 12.2. The highest BCUT2D eigenvalue weighted by atomic mass is 35.5. The maximum absolute atomic E-state index is 11.3.